The van der Waals surface area contributed by atoms with Gasteiger partial charge in [0.2, 0.25) is 0 Å². The average molecular weight is 416 g/mol. The first kappa shape index (κ1) is 20.7. The molecule has 0 spiro atoms. The normalized spacial score (nSPS) is 20.8. The van der Waals surface area contributed by atoms with Crippen LogP contribution in [-0.2, 0) is 24.3 Å². The van der Waals surface area contributed by atoms with Crippen molar-refractivity contribution in [2.45, 2.75) is 37.1 Å². The molecule has 1 saturated heterocycles. The Labute approximate surface area is 168 Å². The quantitative estimate of drug-likeness (QED) is 0.563. The van der Waals surface area contributed by atoms with Crippen molar-refractivity contribution >= 4 is 33.3 Å². The van der Waals surface area contributed by atoms with Crippen LogP contribution in [0.25, 0.3) is 0 Å². The maximum Gasteiger partial charge on any atom is 0.329 e. The van der Waals surface area contributed by atoms with E-state index in [4.69, 9.17) is 15.4 Å². The van der Waals surface area contributed by atoms with Crippen LogP contribution in [0.5, 0.6) is 0 Å². The molecular weight excluding hydrogens is 396 g/mol. The number of nitriles is 1. The number of ether oxygens (including phenoxy) is 1. The van der Waals surface area contributed by atoms with E-state index < -0.39 is 40.3 Å². The maximum absolute atomic E-state index is 12.7. The third kappa shape index (κ3) is 4.05. The zero-order valence-electron chi connectivity index (χ0n) is 15.8. The summed E-state index contributed by atoms with van der Waals surface area (Å²) in [6.07, 6.45) is 1.93. The number of esters is 1. The van der Waals surface area contributed by atoms with E-state index >= 15 is 0 Å². The Balaban J connectivity index is 1.79. The Kier molecular flexibility index (Phi) is 5.79. The van der Waals surface area contributed by atoms with E-state index in [0.29, 0.717) is 18.5 Å². The smallest absolute Gasteiger partial charge is 0.329 e. The molecular formula is C19H20N4O5S. The lowest BCUT2D eigenvalue weighted by atomic mass is 10.00. The van der Waals surface area contributed by atoms with Gasteiger partial charge in [0, 0.05) is 17.8 Å². The Bertz CT molecular complexity index is 1040. The fourth-order valence-corrected chi connectivity index (χ4v) is 4.67. The van der Waals surface area contributed by atoms with Gasteiger partial charge in [0.1, 0.15) is 16.9 Å². The molecule has 1 unspecified atom stereocenters. The third-order valence-electron chi connectivity index (χ3n) is 4.90. The van der Waals surface area contributed by atoms with Crippen molar-refractivity contribution in [3.63, 3.8) is 0 Å². The third-order valence-corrected chi connectivity index (χ3v) is 6.23. The Morgan fingerprint density at radius 1 is 1.38 bits per heavy atom. The van der Waals surface area contributed by atoms with Crippen LogP contribution in [0.3, 0.4) is 0 Å². The molecule has 0 saturated carbocycles. The van der Waals surface area contributed by atoms with Crippen molar-refractivity contribution in [3.05, 3.63) is 29.8 Å². The number of ketones is 1. The zero-order chi connectivity index (χ0) is 21.2. The SMILES string of the molecule is CC(=N)C(C#N)C(=O)COC(=O)[C@H]1CCCCN1C1=NS(=O)(=O)c2ccccc21. The van der Waals surface area contributed by atoms with E-state index in [1.807, 2.05) is 0 Å². The van der Waals surface area contributed by atoms with Gasteiger partial charge in [-0.05, 0) is 38.3 Å². The second-order valence-corrected chi connectivity index (χ2v) is 8.48. The molecule has 29 heavy (non-hydrogen) atoms. The van der Waals surface area contributed by atoms with Gasteiger partial charge < -0.3 is 15.0 Å². The molecule has 0 amide bonds. The second-order valence-electron chi connectivity index (χ2n) is 6.91. The molecule has 10 heteroatoms. The fraction of sp³-hybridized carbons (Fsp3) is 0.421. The van der Waals surface area contributed by atoms with E-state index in [9.17, 15) is 18.0 Å². The molecule has 1 N–H and O–H groups in total. The Morgan fingerprint density at radius 2 is 2.10 bits per heavy atom. The van der Waals surface area contributed by atoms with Gasteiger partial charge in [0.25, 0.3) is 10.0 Å². The molecule has 0 aromatic heterocycles. The number of carbonyl (C=O) groups is 2. The molecule has 9 nitrogen and oxygen atoms in total. The van der Waals surface area contributed by atoms with Crippen LogP contribution in [0.2, 0.25) is 0 Å². The van der Waals surface area contributed by atoms with Crippen LogP contribution < -0.4 is 0 Å². The number of fused-ring (bicyclic) bond motifs is 1. The van der Waals surface area contributed by atoms with Crippen molar-refractivity contribution in [1.82, 2.24) is 4.90 Å². The largest absolute Gasteiger partial charge is 0.456 e. The summed E-state index contributed by atoms with van der Waals surface area (Å²) in [7, 11) is -3.82. The molecule has 2 atom stereocenters. The molecule has 0 aliphatic carbocycles. The number of sulfonamides is 1. The van der Waals surface area contributed by atoms with Crippen molar-refractivity contribution in [3.8, 4) is 6.07 Å². The molecule has 1 aromatic rings. The molecule has 2 aliphatic heterocycles. The van der Waals surface area contributed by atoms with E-state index in [0.717, 1.165) is 12.8 Å². The summed E-state index contributed by atoms with van der Waals surface area (Å²) >= 11 is 0. The maximum atomic E-state index is 12.7. The summed E-state index contributed by atoms with van der Waals surface area (Å²) in [6.45, 7) is 1.16. The first-order chi connectivity index (χ1) is 13.8. The van der Waals surface area contributed by atoms with Crippen molar-refractivity contribution in [2.75, 3.05) is 13.2 Å². The number of likely N-dealkylation sites (tertiary alicyclic amines) is 1. The molecule has 2 heterocycles. The topological polar surface area (TPSA) is 141 Å². The van der Waals surface area contributed by atoms with E-state index in [1.165, 1.54) is 13.0 Å². The van der Waals surface area contributed by atoms with Gasteiger partial charge in [-0.3, -0.25) is 4.79 Å². The summed E-state index contributed by atoms with van der Waals surface area (Å²) in [4.78, 5) is 26.4. The average Bonchev–Trinajstić information content (AvgIpc) is 2.97. The van der Waals surface area contributed by atoms with Gasteiger partial charge in [0.05, 0.1) is 6.07 Å². The lowest BCUT2D eigenvalue weighted by Gasteiger charge is -2.35. The highest BCUT2D eigenvalue weighted by Crippen LogP contribution is 2.31. The Hall–Kier alpha value is -3.06. The van der Waals surface area contributed by atoms with Crippen molar-refractivity contribution in [1.29, 1.82) is 10.7 Å². The lowest BCUT2D eigenvalue weighted by Crippen LogP contribution is -2.49. The highest BCUT2D eigenvalue weighted by atomic mass is 32.2. The number of nitrogens with zero attached hydrogens (tertiary/aromatic N) is 3. The van der Waals surface area contributed by atoms with Crippen LogP contribution in [0, 0.1) is 22.7 Å². The monoisotopic (exact) mass is 416 g/mol. The molecule has 0 bridgehead atoms. The number of nitrogens with one attached hydrogen (secondary N) is 1. The standard InChI is InChI=1S/C19H20N4O5S/c1-12(21)14(10-20)16(24)11-28-19(25)15-7-4-5-9-23(15)18-13-6-2-3-8-17(13)29(26,27)22-18/h2-3,6,8,14-15,21H,4-5,7,9,11H2,1H3/t14?,15-/m1/s1. The van der Waals surface area contributed by atoms with Crippen LogP contribution in [0.4, 0.5) is 0 Å². The summed E-state index contributed by atoms with van der Waals surface area (Å²) in [6, 6.07) is 7.36. The lowest BCUT2D eigenvalue weighted by molar-refractivity contribution is -0.153. The number of piperidine rings is 1. The van der Waals surface area contributed by atoms with Crippen LogP contribution >= 0.6 is 0 Å². The highest BCUT2D eigenvalue weighted by Gasteiger charge is 2.39. The summed E-state index contributed by atoms with van der Waals surface area (Å²) in [5.74, 6) is -2.39. The molecule has 1 fully saturated rings. The minimum atomic E-state index is -3.82. The summed E-state index contributed by atoms with van der Waals surface area (Å²) in [5, 5.41) is 16.4. The number of benzene rings is 1. The number of Topliss-reactive ketones (excluding diaryl/α,β-unsaturated/α-hetero) is 1. The first-order valence-corrected chi connectivity index (χ1v) is 10.6. The second kappa shape index (κ2) is 8.13. The van der Waals surface area contributed by atoms with Crippen LogP contribution in [0.1, 0.15) is 31.7 Å². The Morgan fingerprint density at radius 3 is 2.79 bits per heavy atom. The number of amidine groups is 1. The van der Waals surface area contributed by atoms with Crippen LogP contribution in [0.15, 0.2) is 33.6 Å². The van der Waals surface area contributed by atoms with Gasteiger partial charge in [-0.1, -0.05) is 12.1 Å². The van der Waals surface area contributed by atoms with Crippen molar-refractivity contribution < 1.29 is 22.7 Å². The number of hydrogen-bond acceptors (Lipinski definition) is 8. The van der Waals surface area contributed by atoms with Crippen LogP contribution in [-0.4, -0.2) is 55.8 Å². The summed E-state index contributed by atoms with van der Waals surface area (Å²) < 4.78 is 33.7. The van der Waals surface area contributed by atoms with Gasteiger partial charge in [-0.2, -0.15) is 13.7 Å². The predicted octanol–water partition coefficient (Wildman–Crippen LogP) is 1.28. The summed E-state index contributed by atoms with van der Waals surface area (Å²) in [5.41, 5.74) is 0.321. The molecule has 3 rings (SSSR count). The van der Waals surface area contributed by atoms with Gasteiger partial charge >= 0.3 is 5.97 Å². The number of carbonyl (C=O) groups excluding carboxylic acids is 2. The molecule has 152 valence electrons. The first-order valence-electron chi connectivity index (χ1n) is 9.11. The van der Waals surface area contributed by atoms with Gasteiger partial charge in [-0.25, -0.2) is 4.79 Å². The highest BCUT2D eigenvalue weighted by molar-refractivity contribution is 7.90. The van der Waals surface area contributed by atoms with E-state index in [-0.39, 0.29) is 16.4 Å². The van der Waals surface area contributed by atoms with Gasteiger partial charge in [-0.15, -0.1) is 4.40 Å². The molecule has 2 aliphatic rings. The fourth-order valence-electron chi connectivity index (χ4n) is 3.46. The number of hydrogen-bond donors (Lipinski definition) is 1. The van der Waals surface area contributed by atoms with E-state index in [2.05, 4.69) is 4.40 Å². The zero-order valence-corrected chi connectivity index (χ0v) is 16.6. The molecule has 0 radical (unpaired) electrons. The minimum Gasteiger partial charge on any atom is -0.456 e. The number of rotatable bonds is 5. The van der Waals surface area contributed by atoms with Crippen molar-refractivity contribution in [2.24, 2.45) is 10.3 Å². The predicted molar refractivity (Wildman–Crippen MR) is 103 cm³/mol. The van der Waals surface area contributed by atoms with E-state index in [1.54, 1.807) is 29.2 Å². The minimum absolute atomic E-state index is 0.0983. The molecule has 1 aromatic carbocycles. The van der Waals surface area contributed by atoms with Gasteiger partial charge in [0.15, 0.2) is 18.2 Å².